The molecule has 1 fully saturated rings. The number of pyridine rings is 1. The summed E-state index contributed by atoms with van der Waals surface area (Å²) in [6, 6.07) is 3.73. The molecule has 1 aliphatic rings. The number of nitrogens with zero attached hydrogens (tertiary/aromatic N) is 2. The number of carbonyl (C=O) groups is 1. The van der Waals surface area contributed by atoms with Crippen molar-refractivity contribution in [2.24, 2.45) is 5.92 Å². The summed E-state index contributed by atoms with van der Waals surface area (Å²) in [5.74, 6) is 1.08. The van der Waals surface area contributed by atoms with Gasteiger partial charge < -0.3 is 9.15 Å². The van der Waals surface area contributed by atoms with Crippen LogP contribution in [0.3, 0.4) is 0 Å². The number of carbonyl (C=O) groups excluding carboxylic acids is 1. The summed E-state index contributed by atoms with van der Waals surface area (Å²) in [4.78, 5) is 18.5. The highest BCUT2D eigenvalue weighted by Gasteiger charge is 2.44. The predicted molar refractivity (Wildman–Crippen MR) is 99.3 cm³/mol. The van der Waals surface area contributed by atoms with E-state index >= 15 is 0 Å². The van der Waals surface area contributed by atoms with E-state index in [1.807, 2.05) is 32.9 Å². The van der Waals surface area contributed by atoms with Crippen LogP contribution in [0.15, 0.2) is 21.0 Å². The minimum absolute atomic E-state index is 0.101. The second kappa shape index (κ2) is 5.91. The first-order valence-corrected chi connectivity index (χ1v) is 9.28. The van der Waals surface area contributed by atoms with Crippen LogP contribution in [0.5, 0.6) is 0 Å². The average Bonchev–Trinajstić information content (AvgIpc) is 2.75. The molecule has 2 unspecified atom stereocenters. The van der Waals surface area contributed by atoms with E-state index < -0.39 is 5.60 Å². The zero-order chi connectivity index (χ0) is 16.9. The van der Waals surface area contributed by atoms with Crippen LogP contribution in [0.4, 0.5) is 4.79 Å². The lowest BCUT2D eigenvalue weighted by molar-refractivity contribution is -0.0322. The van der Waals surface area contributed by atoms with Gasteiger partial charge in [0.15, 0.2) is 5.58 Å². The van der Waals surface area contributed by atoms with Crippen molar-refractivity contribution in [1.82, 2.24) is 9.88 Å². The summed E-state index contributed by atoms with van der Waals surface area (Å²) < 4.78 is 13.2. The third-order valence-electron chi connectivity index (χ3n) is 3.71. The molecule has 124 valence electrons. The number of hydrogen-bond donors (Lipinski definition) is 0. The van der Waals surface area contributed by atoms with Gasteiger partial charge in [-0.1, -0.05) is 6.92 Å². The number of ether oxygens (including phenoxy) is 1. The normalized spacial score (nSPS) is 21.4. The largest absolute Gasteiger partial charge is 0.457 e. The molecule has 5 nitrogen and oxygen atoms in total. The molecule has 0 saturated carbocycles. The van der Waals surface area contributed by atoms with Crippen molar-refractivity contribution < 1.29 is 13.9 Å². The molecule has 2 aromatic heterocycles. The van der Waals surface area contributed by atoms with Crippen LogP contribution in [0, 0.1) is 9.62 Å². The van der Waals surface area contributed by atoms with E-state index in [-0.39, 0.29) is 12.1 Å². The van der Waals surface area contributed by atoms with E-state index in [9.17, 15) is 4.79 Å². The van der Waals surface area contributed by atoms with Gasteiger partial charge in [0.2, 0.25) is 0 Å². The molecular weight excluding hydrogens is 475 g/mol. The molecule has 7 heteroatoms. The second-order valence-corrected chi connectivity index (χ2v) is 8.72. The number of furan rings is 1. The van der Waals surface area contributed by atoms with Crippen molar-refractivity contribution in [3.63, 3.8) is 0 Å². The van der Waals surface area contributed by atoms with Gasteiger partial charge >= 0.3 is 6.09 Å². The molecule has 1 amide bonds. The van der Waals surface area contributed by atoms with Crippen molar-refractivity contribution in [2.75, 3.05) is 6.54 Å². The van der Waals surface area contributed by atoms with Crippen LogP contribution in [0.1, 0.15) is 39.5 Å². The topological polar surface area (TPSA) is 55.6 Å². The van der Waals surface area contributed by atoms with Gasteiger partial charge in [0.25, 0.3) is 0 Å². The third kappa shape index (κ3) is 3.35. The van der Waals surface area contributed by atoms with E-state index in [1.165, 1.54) is 0 Å². The lowest BCUT2D eigenvalue weighted by Gasteiger charge is -2.45. The molecule has 0 aromatic carbocycles. The molecule has 0 N–H and O–H groups in total. The summed E-state index contributed by atoms with van der Waals surface area (Å²) in [7, 11) is 0. The van der Waals surface area contributed by atoms with Gasteiger partial charge in [-0.15, -0.1) is 0 Å². The molecule has 2 aromatic rings. The first-order valence-electron chi connectivity index (χ1n) is 7.41. The van der Waals surface area contributed by atoms with Crippen molar-refractivity contribution in [2.45, 2.75) is 39.3 Å². The highest BCUT2D eigenvalue weighted by atomic mass is 127. The maximum atomic E-state index is 12.3. The molecule has 2 atom stereocenters. The van der Waals surface area contributed by atoms with Crippen molar-refractivity contribution in [1.29, 1.82) is 0 Å². The minimum atomic E-state index is -0.503. The van der Waals surface area contributed by atoms with E-state index in [2.05, 4.69) is 50.4 Å². The summed E-state index contributed by atoms with van der Waals surface area (Å²) in [5, 5.41) is 0. The lowest BCUT2D eigenvalue weighted by Crippen LogP contribution is -2.52. The van der Waals surface area contributed by atoms with Gasteiger partial charge in [-0.2, -0.15) is 0 Å². The summed E-state index contributed by atoms with van der Waals surface area (Å²) >= 11 is 5.63. The Morgan fingerprint density at radius 1 is 1.48 bits per heavy atom. The highest BCUT2D eigenvalue weighted by molar-refractivity contribution is 14.1. The van der Waals surface area contributed by atoms with Crippen LogP contribution in [0.2, 0.25) is 0 Å². The molecule has 1 saturated heterocycles. The summed E-state index contributed by atoms with van der Waals surface area (Å²) in [6.07, 6.45) is -0.301. The Morgan fingerprint density at radius 2 is 2.17 bits per heavy atom. The molecule has 0 bridgehead atoms. The fourth-order valence-corrected chi connectivity index (χ4v) is 3.43. The maximum absolute atomic E-state index is 12.3. The second-order valence-electron chi connectivity index (χ2n) is 6.85. The fraction of sp³-hybridized carbons (Fsp3) is 0.500. The molecule has 0 radical (unpaired) electrons. The smallest absolute Gasteiger partial charge is 0.410 e. The molecular formula is C16H18BrIN2O3. The molecule has 3 heterocycles. The molecule has 1 aliphatic heterocycles. The Balaban J connectivity index is 1.89. The van der Waals surface area contributed by atoms with Crippen molar-refractivity contribution in [3.8, 4) is 0 Å². The Morgan fingerprint density at radius 3 is 2.78 bits per heavy atom. The Labute approximate surface area is 157 Å². The van der Waals surface area contributed by atoms with E-state index in [4.69, 9.17) is 9.15 Å². The zero-order valence-electron chi connectivity index (χ0n) is 13.4. The molecule has 0 spiro atoms. The van der Waals surface area contributed by atoms with Gasteiger partial charge in [-0.05, 0) is 65.4 Å². The van der Waals surface area contributed by atoms with E-state index in [1.54, 1.807) is 4.90 Å². The fourth-order valence-electron chi connectivity index (χ4n) is 2.72. The van der Waals surface area contributed by atoms with Crippen molar-refractivity contribution >= 4 is 55.7 Å². The van der Waals surface area contributed by atoms with Gasteiger partial charge in [0, 0.05) is 18.5 Å². The predicted octanol–water partition coefficient (Wildman–Crippen LogP) is 5.12. The summed E-state index contributed by atoms with van der Waals surface area (Å²) in [5.41, 5.74) is 1.02. The minimum Gasteiger partial charge on any atom is -0.457 e. The quantitative estimate of drug-likeness (QED) is 0.409. The van der Waals surface area contributed by atoms with Gasteiger partial charge in [-0.3, -0.25) is 4.90 Å². The van der Waals surface area contributed by atoms with Crippen molar-refractivity contribution in [3.05, 3.63) is 26.1 Å². The molecule has 0 aliphatic carbocycles. The van der Waals surface area contributed by atoms with Gasteiger partial charge in [-0.25, -0.2) is 9.78 Å². The third-order valence-corrected chi connectivity index (χ3v) is 5.88. The van der Waals surface area contributed by atoms with E-state index in [0.717, 1.165) is 25.0 Å². The van der Waals surface area contributed by atoms with Crippen LogP contribution in [-0.4, -0.2) is 28.1 Å². The van der Waals surface area contributed by atoms with Crippen LogP contribution in [0.25, 0.3) is 11.1 Å². The van der Waals surface area contributed by atoms with Crippen LogP contribution >= 0.6 is 38.5 Å². The number of hydrogen-bond acceptors (Lipinski definition) is 4. The summed E-state index contributed by atoms with van der Waals surface area (Å²) in [6.45, 7) is 8.38. The number of halogens is 2. The Hall–Kier alpha value is -0.830. The molecule has 23 heavy (non-hydrogen) atoms. The number of rotatable bonds is 1. The van der Waals surface area contributed by atoms with Gasteiger partial charge in [0.05, 0.1) is 10.5 Å². The number of fused-ring (bicyclic) bond motifs is 1. The van der Waals surface area contributed by atoms with E-state index in [0.29, 0.717) is 12.5 Å². The van der Waals surface area contributed by atoms with Crippen LogP contribution < -0.4 is 0 Å². The number of likely N-dealkylation sites (tertiary alicyclic amines) is 1. The SMILES string of the molecule is CC1CN(C(=O)OC(C)(C)C)C1c1cc2nc(I)c(Br)cc2o1. The Kier molecular flexibility index (Phi) is 4.37. The lowest BCUT2D eigenvalue weighted by atomic mass is 9.89. The monoisotopic (exact) mass is 492 g/mol. The highest BCUT2D eigenvalue weighted by Crippen LogP contribution is 2.41. The Bertz CT molecular complexity index is 730. The number of amides is 1. The number of aromatic nitrogens is 1. The zero-order valence-corrected chi connectivity index (χ0v) is 17.1. The first-order chi connectivity index (χ1) is 10.7. The van der Waals surface area contributed by atoms with Crippen LogP contribution in [-0.2, 0) is 4.74 Å². The standard InChI is InChI=1S/C16H18BrIN2O3/c1-8-7-20(15(21)23-16(2,3)4)13(8)12-6-10-11(22-12)5-9(17)14(18)19-10/h5-6,8,13H,7H2,1-4H3. The average molecular weight is 493 g/mol. The molecule has 3 rings (SSSR count). The first kappa shape index (κ1) is 17.0. The van der Waals surface area contributed by atoms with Gasteiger partial charge in [0.1, 0.15) is 20.6 Å². The maximum Gasteiger partial charge on any atom is 0.410 e.